The summed E-state index contributed by atoms with van der Waals surface area (Å²) in [5, 5.41) is 8.37. The molecule has 2 aliphatic carbocycles. The van der Waals surface area contributed by atoms with Gasteiger partial charge in [-0.2, -0.15) is 0 Å². The second-order valence-corrected chi connectivity index (χ2v) is 17.3. The van der Waals surface area contributed by atoms with Crippen molar-refractivity contribution in [3.8, 4) is 21.6 Å². The van der Waals surface area contributed by atoms with Gasteiger partial charge in [0.25, 0.3) is 0 Å². The molecule has 0 N–H and O–H groups in total. The summed E-state index contributed by atoms with van der Waals surface area (Å²) in [5.74, 6) is 0. The lowest BCUT2D eigenvalue weighted by molar-refractivity contribution is 0.592. The first-order valence-electron chi connectivity index (χ1n) is 17.1. The van der Waals surface area contributed by atoms with Gasteiger partial charge in [-0.15, -0.1) is 11.3 Å². The Hall–Kier alpha value is -5.53. The van der Waals surface area contributed by atoms with E-state index < -0.39 is 12.6 Å². The molecule has 2 aliphatic rings. The molecule has 1 spiro atoms. The molecule has 1 heterocycles. The Bertz CT molecular complexity index is 2800. The number of hydrogen-bond donors (Lipinski definition) is 0. The molecule has 0 radical (unpaired) electrons. The fraction of sp³-hybridized carbons (Fsp3) is 0.0213. The number of fused-ring (bicyclic) bond motifs is 14. The predicted octanol–water partition coefficient (Wildman–Crippen LogP) is 11.2. The molecular weight excluding hydrogens is 644 g/mol. The van der Waals surface area contributed by atoms with Crippen LogP contribution in [0.15, 0.2) is 176 Å². The maximum absolute atomic E-state index is 16.8. The third kappa shape index (κ3) is 3.55. The standard InChI is InChI=1S/C47H29OPS/c48-49(34-26-24-30-12-1-3-14-32(30)28-34,35-27-25-31-13-2-4-15-33(31)29-35)42-22-11-21-41-44(42)46-45(38-18-7-10-23-43(38)50-46)47(41)39-19-8-5-16-36(39)37-17-6-9-20-40(37)47/h1-29H. The predicted molar refractivity (Wildman–Crippen MR) is 213 cm³/mol. The van der Waals surface area contributed by atoms with Crippen LogP contribution in [0.4, 0.5) is 0 Å². The van der Waals surface area contributed by atoms with E-state index >= 15 is 4.57 Å². The minimum absolute atomic E-state index is 0.523. The van der Waals surface area contributed by atoms with Crippen LogP contribution in [-0.4, -0.2) is 0 Å². The average Bonchev–Trinajstić information content (AvgIpc) is 3.81. The molecular formula is C47H29OPS. The molecule has 0 unspecified atom stereocenters. The molecule has 50 heavy (non-hydrogen) atoms. The first-order valence-corrected chi connectivity index (χ1v) is 19.6. The first-order chi connectivity index (χ1) is 24.7. The molecule has 0 bridgehead atoms. The normalized spacial score (nSPS) is 13.8. The molecule has 0 atom stereocenters. The summed E-state index contributed by atoms with van der Waals surface area (Å²) < 4.78 is 18.0. The van der Waals surface area contributed by atoms with Gasteiger partial charge in [-0.25, -0.2) is 0 Å². The van der Waals surface area contributed by atoms with Crippen molar-refractivity contribution in [1.29, 1.82) is 0 Å². The molecule has 3 heteroatoms. The van der Waals surface area contributed by atoms with Crippen LogP contribution in [0.25, 0.3) is 53.2 Å². The lowest BCUT2D eigenvalue weighted by atomic mass is 9.70. The van der Waals surface area contributed by atoms with Crippen LogP contribution in [0, 0.1) is 0 Å². The largest absolute Gasteiger partial charge is 0.309 e. The summed E-state index contributed by atoms with van der Waals surface area (Å²) in [7, 11) is -3.44. The smallest absolute Gasteiger partial charge is 0.171 e. The van der Waals surface area contributed by atoms with Gasteiger partial charge in [-0.1, -0.05) is 158 Å². The highest BCUT2D eigenvalue weighted by molar-refractivity contribution is 7.85. The van der Waals surface area contributed by atoms with Gasteiger partial charge in [-0.3, -0.25) is 0 Å². The van der Waals surface area contributed by atoms with E-state index in [1.165, 1.54) is 48.3 Å². The molecule has 8 aromatic carbocycles. The van der Waals surface area contributed by atoms with Crippen LogP contribution < -0.4 is 15.9 Å². The lowest BCUT2D eigenvalue weighted by Gasteiger charge is -2.31. The quantitative estimate of drug-likeness (QED) is 0.171. The second kappa shape index (κ2) is 10.2. The minimum atomic E-state index is -3.44. The maximum Gasteiger partial charge on any atom is 0.171 e. The fourth-order valence-electron chi connectivity index (χ4n) is 9.05. The van der Waals surface area contributed by atoms with Crippen LogP contribution in [0.1, 0.15) is 22.3 Å². The molecule has 9 aromatic rings. The maximum atomic E-state index is 16.8. The summed E-state index contributed by atoms with van der Waals surface area (Å²) in [4.78, 5) is 1.23. The van der Waals surface area contributed by atoms with E-state index in [2.05, 4.69) is 176 Å². The van der Waals surface area contributed by atoms with Gasteiger partial charge in [0.1, 0.15) is 0 Å². The first kappa shape index (κ1) is 28.3. The summed E-state index contributed by atoms with van der Waals surface area (Å²) >= 11 is 1.84. The average molecular weight is 673 g/mol. The van der Waals surface area contributed by atoms with Gasteiger partial charge in [0.15, 0.2) is 7.14 Å². The number of thiophene rings is 1. The van der Waals surface area contributed by atoms with Crippen molar-refractivity contribution in [3.05, 3.63) is 198 Å². The molecule has 0 saturated heterocycles. The van der Waals surface area contributed by atoms with E-state index in [4.69, 9.17) is 0 Å². The molecule has 0 aliphatic heterocycles. The van der Waals surface area contributed by atoms with Gasteiger partial charge >= 0.3 is 0 Å². The Balaban J connectivity index is 1.31. The Kier molecular flexibility index (Phi) is 5.80. The van der Waals surface area contributed by atoms with Crippen LogP contribution in [0.5, 0.6) is 0 Å². The third-order valence-corrected chi connectivity index (χ3v) is 15.4. The van der Waals surface area contributed by atoms with E-state index in [0.717, 1.165) is 43.0 Å². The Morgan fingerprint density at radius 3 is 1.62 bits per heavy atom. The molecule has 234 valence electrons. The monoisotopic (exact) mass is 672 g/mol. The Morgan fingerprint density at radius 2 is 0.980 bits per heavy atom. The van der Waals surface area contributed by atoms with Crippen molar-refractivity contribution in [2.45, 2.75) is 5.41 Å². The van der Waals surface area contributed by atoms with Crippen molar-refractivity contribution < 1.29 is 4.57 Å². The van der Waals surface area contributed by atoms with Gasteiger partial charge < -0.3 is 4.57 Å². The highest BCUT2D eigenvalue weighted by Crippen LogP contribution is 2.66. The third-order valence-electron chi connectivity index (χ3n) is 11.1. The molecule has 1 aromatic heterocycles. The molecule has 0 fully saturated rings. The van der Waals surface area contributed by atoms with Crippen molar-refractivity contribution in [2.24, 2.45) is 0 Å². The summed E-state index contributed by atoms with van der Waals surface area (Å²) in [6.07, 6.45) is 0. The molecule has 11 rings (SSSR count). The summed E-state index contributed by atoms with van der Waals surface area (Å²) in [5.41, 5.74) is 8.29. The SMILES string of the molecule is O=P(c1ccc2ccccc2c1)(c1ccc2ccccc2c1)c1cccc2c1-c1sc3ccccc3c1C21c2ccccc2-c2ccccc21. The topological polar surface area (TPSA) is 17.1 Å². The Labute approximate surface area is 294 Å². The molecule has 1 nitrogen and oxygen atoms in total. The van der Waals surface area contributed by atoms with Crippen LogP contribution >= 0.6 is 18.5 Å². The van der Waals surface area contributed by atoms with Gasteiger partial charge in [0.05, 0.1) is 5.41 Å². The second-order valence-electron chi connectivity index (χ2n) is 13.5. The van der Waals surface area contributed by atoms with Crippen molar-refractivity contribution in [1.82, 2.24) is 0 Å². The van der Waals surface area contributed by atoms with Gasteiger partial charge in [0, 0.05) is 31.1 Å². The zero-order chi connectivity index (χ0) is 33.0. The van der Waals surface area contributed by atoms with Crippen LogP contribution in [0.3, 0.4) is 0 Å². The van der Waals surface area contributed by atoms with Crippen LogP contribution in [-0.2, 0) is 9.98 Å². The van der Waals surface area contributed by atoms with Gasteiger partial charge in [-0.05, 0) is 78.5 Å². The number of hydrogen-bond acceptors (Lipinski definition) is 2. The van der Waals surface area contributed by atoms with Crippen molar-refractivity contribution in [3.63, 3.8) is 0 Å². The fourth-order valence-corrected chi connectivity index (χ4v) is 13.4. The van der Waals surface area contributed by atoms with E-state index in [1.807, 2.05) is 11.3 Å². The van der Waals surface area contributed by atoms with E-state index in [0.29, 0.717) is 0 Å². The summed E-state index contributed by atoms with van der Waals surface area (Å²) in [6, 6.07) is 62.9. The zero-order valence-corrected chi connectivity index (χ0v) is 28.7. The van der Waals surface area contributed by atoms with E-state index in [1.54, 1.807) is 0 Å². The minimum Gasteiger partial charge on any atom is -0.309 e. The zero-order valence-electron chi connectivity index (χ0n) is 27.0. The van der Waals surface area contributed by atoms with Crippen molar-refractivity contribution in [2.75, 3.05) is 0 Å². The molecule has 0 saturated carbocycles. The van der Waals surface area contributed by atoms with Gasteiger partial charge in [0.2, 0.25) is 0 Å². The Morgan fingerprint density at radius 1 is 0.460 bits per heavy atom. The molecule has 0 amide bonds. The lowest BCUT2D eigenvalue weighted by Crippen LogP contribution is -2.29. The number of benzene rings is 8. The highest BCUT2D eigenvalue weighted by atomic mass is 32.1. The summed E-state index contributed by atoms with van der Waals surface area (Å²) in [6.45, 7) is 0. The highest BCUT2D eigenvalue weighted by Gasteiger charge is 2.54. The van der Waals surface area contributed by atoms with E-state index in [-0.39, 0.29) is 0 Å². The van der Waals surface area contributed by atoms with E-state index in [9.17, 15) is 0 Å². The number of rotatable bonds is 3. The van der Waals surface area contributed by atoms with Crippen LogP contribution in [0.2, 0.25) is 0 Å². The van der Waals surface area contributed by atoms with Crippen molar-refractivity contribution >= 4 is 66.0 Å².